The van der Waals surface area contributed by atoms with Crippen LogP contribution in [0.1, 0.15) is 37.4 Å². The van der Waals surface area contributed by atoms with E-state index in [-0.39, 0.29) is 24.3 Å². The third-order valence-electron chi connectivity index (χ3n) is 3.48. The highest BCUT2D eigenvalue weighted by molar-refractivity contribution is 5.42. The predicted octanol–water partition coefficient (Wildman–Crippen LogP) is 2.21. The third kappa shape index (κ3) is 2.60. The van der Waals surface area contributed by atoms with Gasteiger partial charge in [0.05, 0.1) is 11.7 Å². The van der Waals surface area contributed by atoms with Crippen molar-refractivity contribution in [3.8, 4) is 0 Å². The first-order valence-electron chi connectivity index (χ1n) is 5.94. The SMILES string of the molecule is Nc1cn([C@H]2CC[C@H](CO)CC2)nc1C(F)(F)F. The Labute approximate surface area is 103 Å². The maximum absolute atomic E-state index is 12.6. The summed E-state index contributed by atoms with van der Waals surface area (Å²) in [5.74, 6) is 0.260. The van der Waals surface area contributed by atoms with Crippen LogP contribution < -0.4 is 5.73 Å². The number of aromatic nitrogens is 2. The summed E-state index contributed by atoms with van der Waals surface area (Å²) in [6, 6.07) is -0.0498. The summed E-state index contributed by atoms with van der Waals surface area (Å²) < 4.78 is 39.0. The molecule has 0 bridgehead atoms. The number of aliphatic hydroxyl groups excluding tert-OH is 1. The minimum Gasteiger partial charge on any atom is -0.396 e. The zero-order valence-corrected chi connectivity index (χ0v) is 9.82. The molecular formula is C11H16F3N3O. The van der Waals surface area contributed by atoms with E-state index in [1.165, 1.54) is 10.9 Å². The quantitative estimate of drug-likeness (QED) is 0.859. The Bertz CT molecular complexity index is 408. The summed E-state index contributed by atoms with van der Waals surface area (Å²) in [5.41, 5.74) is 4.01. The van der Waals surface area contributed by atoms with Crippen LogP contribution in [0.15, 0.2) is 6.20 Å². The van der Waals surface area contributed by atoms with Crippen LogP contribution in [-0.2, 0) is 6.18 Å². The molecule has 3 N–H and O–H groups in total. The fourth-order valence-corrected chi connectivity index (χ4v) is 2.41. The van der Waals surface area contributed by atoms with E-state index < -0.39 is 11.9 Å². The van der Waals surface area contributed by atoms with E-state index in [1.807, 2.05) is 0 Å². The Hall–Kier alpha value is -1.24. The van der Waals surface area contributed by atoms with Crippen molar-refractivity contribution in [2.24, 2.45) is 5.92 Å². The fraction of sp³-hybridized carbons (Fsp3) is 0.727. The Morgan fingerprint density at radius 3 is 2.39 bits per heavy atom. The lowest BCUT2D eigenvalue weighted by Crippen LogP contribution is -2.21. The Morgan fingerprint density at radius 1 is 1.33 bits per heavy atom. The monoisotopic (exact) mass is 263 g/mol. The second-order valence-corrected chi connectivity index (χ2v) is 4.77. The molecule has 18 heavy (non-hydrogen) atoms. The molecule has 1 aromatic rings. The van der Waals surface area contributed by atoms with Crippen LogP contribution in [0.5, 0.6) is 0 Å². The zero-order valence-electron chi connectivity index (χ0n) is 9.82. The summed E-state index contributed by atoms with van der Waals surface area (Å²) in [5, 5.41) is 12.6. The molecule has 0 atom stereocenters. The average molecular weight is 263 g/mol. The van der Waals surface area contributed by atoms with Crippen LogP contribution in [-0.4, -0.2) is 21.5 Å². The van der Waals surface area contributed by atoms with E-state index in [1.54, 1.807) is 0 Å². The lowest BCUT2D eigenvalue weighted by Gasteiger charge is -2.27. The number of hydrogen-bond donors (Lipinski definition) is 2. The largest absolute Gasteiger partial charge is 0.437 e. The number of halogens is 3. The van der Waals surface area contributed by atoms with Gasteiger partial charge in [-0.15, -0.1) is 0 Å². The van der Waals surface area contributed by atoms with Crippen molar-refractivity contribution in [1.82, 2.24) is 9.78 Å². The minimum atomic E-state index is -4.50. The first-order valence-corrected chi connectivity index (χ1v) is 5.94. The zero-order chi connectivity index (χ0) is 13.3. The number of anilines is 1. The molecule has 1 fully saturated rings. The summed E-state index contributed by atoms with van der Waals surface area (Å²) in [7, 11) is 0. The van der Waals surface area contributed by atoms with Gasteiger partial charge in [-0.05, 0) is 31.6 Å². The number of nitrogens with two attached hydrogens (primary N) is 1. The molecule has 0 amide bonds. The maximum Gasteiger partial charge on any atom is 0.437 e. The van der Waals surface area contributed by atoms with E-state index in [4.69, 9.17) is 10.8 Å². The van der Waals surface area contributed by atoms with Gasteiger partial charge in [0.1, 0.15) is 0 Å². The van der Waals surface area contributed by atoms with Crippen molar-refractivity contribution in [3.63, 3.8) is 0 Å². The molecule has 2 rings (SSSR count). The summed E-state index contributed by atoms with van der Waals surface area (Å²) in [6.07, 6.45) is -0.178. The predicted molar refractivity (Wildman–Crippen MR) is 59.7 cm³/mol. The molecule has 1 saturated carbocycles. The van der Waals surface area contributed by atoms with Crippen LogP contribution >= 0.6 is 0 Å². The average Bonchev–Trinajstić information content (AvgIpc) is 2.71. The molecule has 7 heteroatoms. The molecule has 0 saturated heterocycles. The molecule has 0 aromatic carbocycles. The third-order valence-corrected chi connectivity index (χ3v) is 3.48. The molecule has 0 unspecified atom stereocenters. The highest BCUT2D eigenvalue weighted by Gasteiger charge is 2.37. The lowest BCUT2D eigenvalue weighted by molar-refractivity contribution is -0.140. The summed E-state index contributed by atoms with van der Waals surface area (Å²) in [6.45, 7) is 0.141. The van der Waals surface area contributed by atoms with Gasteiger partial charge in [0.25, 0.3) is 0 Å². The second kappa shape index (κ2) is 4.79. The molecule has 102 valence electrons. The molecule has 1 aliphatic carbocycles. The summed E-state index contributed by atoms with van der Waals surface area (Å²) >= 11 is 0. The van der Waals surface area contributed by atoms with Gasteiger partial charge in [-0.2, -0.15) is 18.3 Å². The number of nitrogens with zero attached hydrogens (tertiary/aromatic N) is 2. The highest BCUT2D eigenvalue weighted by atomic mass is 19.4. The van der Waals surface area contributed by atoms with E-state index in [0.29, 0.717) is 0 Å². The molecule has 0 aliphatic heterocycles. The van der Waals surface area contributed by atoms with Gasteiger partial charge in [-0.3, -0.25) is 4.68 Å². The smallest absolute Gasteiger partial charge is 0.396 e. The Morgan fingerprint density at radius 2 is 1.94 bits per heavy atom. The number of rotatable bonds is 2. The van der Waals surface area contributed by atoms with Gasteiger partial charge in [-0.25, -0.2) is 0 Å². The topological polar surface area (TPSA) is 64.1 Å². The van der Waals surface area contributed by atoms with E-state index in [9.17, 15) is 13.2 Å². The molecule has 4 nitrogen and oxygen atoms in total. The maximum atomic E-state index is 12.6. The van der Waals surface area contributed by atoms with E-state index in [0.717, 1.165) is 25.7 Å². The van der Waals surface area contributed by atoms with Crippen molar-refractivity contribution < 1.29 is 18.3 Å². The van der Waals surface area contributed by atoms with Crippen molar-refractivity contribution in [2.75, 3.05) is 12.3 Å². The number of aliphatic hydroxyl groups is 1. The molecule has 1 heterocycles. The molecule has 0 spiro atoms. The standard InChI is InChI=1S/C11H16F3N3O/c12-11(13,14)10-9(15)5-17(16-10)8-3-1-7(6-18)2-4-8/h5,7-8,18H,1-4,6,15H2/t7-,8-. The lowest BCUT2D eigenvalue weighted by atomic mass is 9.87. The van der Waals surface area contributed by atoms with Crippen molar-refractivity contribution in [2.45, 2.75) is 37.9 Å². The van der Waals surface area contributed by atoms with Gasteiger partial charge in [0.2, 0.25) is 0 Å². The van der Waals surface area contributed by atoms with Gasteiger partial charge in [0.15, 0.2) is 5.69 Å². The second-order valence-electron chi connectivity index (χ2n) is 4.77. The van der Waals surface area contributed by atoms with E-state index in [2.05, 4.69) is 5.10 Å². The van der Waals surface area contributed by atoms with Crippen LogP contribution in [0.3, 0.4) is 0 Å². The minimum absolute atomic E-state index is 0.0498. The summed E-state index contributed by atoms with van der Waals surface area (Å²) in [4.78, 5) is 0. The Kier molecular flexibility index (Phi) is 3.52. The fourth-order valence-electron chi connectivity index (χ4n) is 2.41. The van der Waals surface area contributed by atoms with Crippen LogP contribution in [0.2, 0.25) is 0 Å². The molecule has 1 aliphatic rings. The molecule has 0 radical (unpaired) electrons. The van der Waals surface area contributed by atoms with E-state index >= 15 is 0 Å². The highest BCUT2D eigenvalue weighted by Crippen LogP contribution is 2.36. The van der Waals surface area contributed by atoms with Gasteiger partial charge in [-0.1, -0.05) is 0 Å². The first-order chi connectivity index (χ1) is 8.41. The number of alkyl halides is 3. The van der Waals surface area contributed by atoms with Crippen molar-refractivity contribution in [1.29, 1.82) is 0 Å². The Balaban J connectivity index is 2.11. The molecular weight excluding hydrogens is 247 g/mol. The van der Waals surface area contributed by atoms with Crippen molar-refractivity contribution >= 4 is 5.69 Å². The van der Waals surface area contributed by atoms with Gasteiger partial charge >= 0.3 is 6.18 Å². The normalized spacial score (nSPS) is 25.3. The van der Waals surface area contributed by atoms with Crippen LogP contribution in [0, 0.1) is 5.92 Å². The van der Waals surface area contributed by atoms with Crippen LogP contribution in [0.4, 0.5) is 18.9 Å². The van der Waals surface area contributed by atoms with Gasteiger partial charge < -0.3 is 10.8 Å². The van der Waals surface area contributed by atoms with Crippen LogP contribution in [0.25, 0.3) is 0 Å². The number of nitrogen functional groups attached to an aromatic ring is 1. The van der Waals surface area contributed by atoms with Gasteiger partial charge in [0, 0.05) is 12.8 Å². The van der Waals surface area contributed by atoms with Crippen molar-refractivity contribution in [3.05, 3.63) is 11.9 Å². The molecule has 1 aromatic heterocycles. The first kappa shape index (κ1) is 13.2. The number of hydrogen-bond acceptors (Lipinski definition) is 3.